The number of methoxy groups -OCH3 is 1. The summed E-state index contributed by atoms with van der Waals surface area (Å²) in [5.41, 5.74) is 1.29. The molecule has 0 saturated carbocycles. The molecule has 1 heterocycles. The number of ether oxygens (including phenoxy) is 2. The van der Waals surface area contributed by atoms with Crippen molar-refractivity contribution in [2.75, 3.05) is 7.11 Å². The largest absolute Gasteiger partial charge is 0.573 e. The maximum atomic E-state index is 12.8. The first-order chi connectivity index (χ1) is 15.1. The fourth-order valence-electron chi connectivity index (χ4n) is 3.03. The Balaban J connectivity index is 1.95. The number of nitrogens with zero attached hydrogens (tertiary/aromatic N) is 3. The summed E-state index contributed by atoms with van der Waals surface area (Å²) < 4.78 is 47.4. The van der Waals surface area contributed by atoms with Gasteiger partial charge >= 0.3 is 11.6 Å². The smallest absolute Gasteiger partial charge is 0.493 e. The standard InChI is InChI=1S/C20H18F3N3O5S/c1-3-17-18(13-6-9-15(30-2)16(10-13)31-20(21,22)23)24-25(19(27)32-17)11-12-4-7-14(8-5-12)26(28)29/h4-10,17H,3,11H2,1-2H3. The summed E-state index contributed by atoms with van der Waals surface area (Å²) in [7, 11) is 1.23. The zero-order valence-electron chi connectivity index (χ0n) is 17.0. The van der Waals surface area contributed by atoms with Crippen LogP contribution in [-0.2, 0) is 6.54 Å². The second-order valence-electron chi connectivity index (χ2n) is 6.66. The molecule has 170 valence electrons. The van der Waals surface area contributed by atoms with Gasteiger partial charge < -0.3 is 9.47 Å². The van der Waals surface area contributed by atoms with Crippen LogP contribution < -0.4 is 9.47 Å². The molecule has 0 fully saturated rings. The molecule has 0 saturated heterocycles. The van der Waals surface area contributed by atoms with Gasteiger partial charge in [0.15, 0.2) is 11.5 Å². The van der Waals surface area contributed by atoms with Crippen molar-refractivity contribution in [3.8, 4) is 11.5 Å². The lowest BCUT2D eigenvalue weighted by atomic mass is 10.0. The summed E-state index contributed by atoms with van der Waals surface area (Å²) in [5.74, 6) is -0.610. The van der Waals surface area contributed by atoms with E-state index in [0.717, 1.165) is 11.8 Å². The van der Waals surface area contributed by atoms with Gasteiger partial charge in [0.1, 0.15) is 0 Å². The zero-order chi connectivity index (χ0) is 23.5. The van der Waals surface area contributed by atoms with E-state index in [1.165, 1.54) is 48.5 Å². The van der Waals surface area contributed by atoms with E-state index in [-0.39, 0.29) is 28.5 Å². The van der Waals surface area contributed by atoms with Crippen LogP contribution in [0.1, 0.15) is 24.5 Å². The maximum Gasteiger partial charge on any atom is 0.573 e. The van der Waals surface area contributed by atoms with E-state index in [1.807, 2.05) is 6.92 Å². The van der Waals surface area contributed by atoms with Gasteiger partial charge in [-0.05, 0) is 30.2 Å². The fraction of sp³-hybridized carbons (Fsp3) is 0.300. The van der Waals surface area contributed by atoms with Crippen LogP contribution in [0.3, 0.4) is 0 Å². The highest BCUT2D eigenvalue weighted by Crippen LogP contribution is 2.36. The minimum absolute atomic E-state index is 0.0474. The van der Waals surface area contributed by atoms with E-state index in [9.17, 15) is 28.1 Å². The molecule has 2 aromatic rings. The quantitative estimate of drug-likeness (QED) is 0.401. The molecule has 0 radical (unpaired) electrons. The number of carbonyl (C=O) groups is 1. The third kappa shape index (κ3) is 5.49. The van der Waals surface area contributed by atoms with Crippen LogP contribution in [0.25, 0.3) is 0 Å². The average molecular weight is 469 g/mol. The van der Waals surface area contributed by atoms with Gasteiger partial charge in [0.05, 0.1) is 29.5 Å². The van der Waals surface area contributed by atoms with Crippen molar-refractivity contribution in [2.24, 2.45) is 5.10 Å². The summed E-state index contributed by atoms with van der Waals surface area (Å²) in [5, 5.41) is 15.7. The molecule has 0 N–H and O–H groups in total. The summed E-state index contributed by atoms with van der Waals surface area (Å²) >= 11 is 1.01. The molecule has 1 amide bonds. The monoisotopic (exact) mass is 469 g/mol. The lowest BCUT2D eigenvalue weighted by Crippen LogP contribution is -2.34. The Morgan fingerprint density at radius 3 is 2.44 bits per heavy atom. The highest BCUT2D eigenvalue weighted by Gasteiger charge is 2.34. The Morgan fingerprint density at radius 1 is 1.19 bits per heavy atom. The Bertz CT molecular complexity index is 1040. The van der Waals surface area contributed by atoms with Crippen molar-refractivity contribution in [1.29, 1.82) is 0 Å². The first-order valence-electron chi connectivity index (χ1n) is 9.35. The van der Waals surface area contributed by atoms with Crippen molar-refractivity contribution in [3.05, 3.63) is 63.7 Å². The molecule has 3 rings (SSSR count). The summed E-state index contributed by atoms with van der Waals surface area (Å²) in [6.45, 7) is 1.88. The Morgan fingerprint density at radius 2 is 1.88 bits per heavy atom. The van der Waals surface area contributed by atoms with Crippen molar-refractivity contribution in [2.45, 2.75) is 31.5 Å². The molecule has 1 unspecified atom stereocenters. The lowest BCUT2D eigenvalue weighted by molar-refractivity contribution is -0.384. The Kier molecular flexibility index (Phi) is 6.92. The fourth-order valence-corrected chi connectivity index (χ4v) is 3.96. The number of hydrogen-bond acceptors (Lipinski definition) is 7. The van der Waals surface area contributed by atoms with Crippen LogP contribution >= 0.6 is 11.8 Å². The van der Waals surface area contributed by atoms with Crippen LogP contribution in [0.2, 0.25) is 0 Å². The first-order valence-corrected chi connectivity index (χ1v) is 10.2. The Labute approximate surface area is 185 Å². The number of carbonyl (C=O) groups excluding carboxylic acids is 1. The number of thioether (sulfide) groups is 1. The van der Waals surface area contributed by atoms with Gasteiger partial charge in [-0.15, -0.1) is 13.2 Å². The highest BCUT2D eigenvalue weighted by molar-refractivity contribution is 8.14. The van der Waals surface area contributed by atoms with Crippen LogP contribution in [0.4, 0.5) is 23.7 Å². The van der Waals surface area contributed by atoms with Crippen molar-refractivity contribution < 1.29 is 32.4 Å². The number of non-ortho nitro benzene ring substituents is 1. The first kappa shape index (κ1) is 23.4. The summed E-state index contributed by atoms with van der Waals surface area (Å²) in [6, 6.07) is 9.73. The molecule has 2 aromatic carbocycles. The van der Waals surface area contributed by atoms with Crippen LogP contribution in [0, 0.1) is 10.1 Å². The van der Waals surface area contributed by atoms with E-state index in [4.69, 9.17) is 4.74 Å². The number of halogens is 3. The third-order valence-electron chi connectivity index (χ3n) is 4.52. The average Bonchev–Trinajstić information content (AvgIpc) is 2.74. The second-order valence-corrected chi connectivity index (χ2v) is 7.81. The molecule has 8 nitrogen and oxygen atoms in total. The van der Waals surface area contributed by atoms with Crippen molar-refractivity contribution in [3.63, 3.8) is 0 Å². The van der Waals surface area contributed by atoms with Gasteiger partial charge in [0.2, 0.25) is 0 Å². The molecule has 1 aliphatic rings. The van der Waals surface area contributed by atoms with Gasteiger partial charge in [0, 0.05) is 17.7 Å². The van der Waals surface area contributed by atoms with Gasteiger partial charge in [-0.2, -0.15) is 5.10 Å². The van der Waals surface area contributed by atoms with E-state index < -0.39 is 17.0 Å². The second kappa shape index (κ2) is 9.47. The number of nitro groups is 1. The molecule has 0 spiro atoms. The van der Waals surface area contributed by atoms with Gasteiger partial charge in [-0.25, -0.2) is 5.01 Å². The van der Waals surface area contributed by atoms with Gasteiger partial charge in [0.25, 0.3) is 5.69 Å². The molecule has 0 aromatic heterocycles. The maximum absolute atomic E-state index is 12.8. The zero-order valence-corrected chi connectivity index (χ0v) is 17.8. The lowest BCUT2D eigenvalue weighted by Gasteiger charge is -2.28. The molecule has 12 heteroatoms. The number of hydrogen-bond donors (Lipinski definition) is 0. The van der Waals surface area contributed by atoms with Gasteiger partial charge in [-0.1, -0.05) is 30.8 Å². The van der Waals surface area contributed by atoms with Gasteiger partial charge in [-0.3, -0.25) is 14.9 Å². The van der Waals surface area contributed by atoms with E-state index in [1.54, 1.807) is 6.07 Å². The molecule has 1 aliphatic heterocycles. The molecule has 1 atom stereocenters. The molecule has 0 bridgehead atoms. The minimum atomic E-state index is -4.91. The van der Waals surface area contributed by atoms with Crippen molar-refractivity contribution >= 4 is 28.4 Å². The third-order valence-corrected chi connectivity index (χ3v) is 5.78. The molecule has 0 aliphatic carbocycles. The number of nitro benzene ring substituents is 1. The van der Waals surface area contributed by atoms with E-state index in [2.05, 4.69) is 9.84 Å². The predicted octanol–water partition coefficient (Wildman–Crippen LogP) is 5.35. The molecule has 32 heavy (non-hydrogen) atoms. The number of amides is 1. The normalized spacial score (nSPS) is 16.5. The SMILES string of the molecule is CCC1SC(=O)N(Cc2ccc([N+](=O)[O-])cc2)N=C1c1ccc(OC)c(OC(F)(F)F)c1. The molecular weight excluding hydrogens is 451 g/mol. The minimum Gasteiger partial charge on any atom is -0.493 e. The van der Waals surface area contributed by atoms with Crippen molar-refractivity contribution in [1.82, 2.24) is 5.01 Å². The Hall–Kier alpha value is -3.28. The predicted molar refractivity (Wildman–Crippen MR) is 112 cm³/mol. The number of alkyl halides is 3. The number of benzene rings is 2. The van der Waals surface area contributed by atoms with Crippen LogP contribution in [0.15, 0.2) is 47.6 Å². The summed E-state index contributed by atoms with van der Waals surface area (Å²) in [4.78, 5) is 22.8. The highest BCUT2D eigenvalue weighted by atomic mass is 32.2. The number of rotatable bonds is 7. The van der Waals surface area contributed by atoms with E-state index in [0.29, 0.717) is 23.3 Å². The van der Waals surface area contributed by atoms with E-state index >= 15 is 0 Å². The molecular formula is C20H18F3N3O5S. The van der Waals surface area contributed by atoms with Crippen LogP contribution in [-0.4, -0.2) is 39.6 Å². The number of hydrazone groups is 1. The summed E-state index contributed by atoms with van der Waals surface area (Å²) in [6.07, 6.45) is -4.39. The topological polar surface area (TPSA) is 94.3 Å². The van der Waals surface area contributed by atoms with Crippen LogP contribution in [0.5, 0.6) is 11.5 Å².